The second kappa shape index (κ2) is 5.04. The van der Waals surface area contributed by atoms with Crippen LogP contribution in [-0.4, -0.2) is 34.3 Å². The molecule has 0 aliphatic carbocycles. The molecular formula is C13H14FN5O2. The van der Waals surface area contributed by atoms with Crippen LogP contribution in [0.15, 0.2) is 18.2 Å². The van der Waals surface area contributed by atoms with Gasteiger partial charge in [-0.3, -0.25) is 4.79 Å². The number of benzene rings is 1. The molecule has 1 aliphatic rings. The zero-order valence-electron chi connectivity index (χ0n) is 11.3. The second-order valence-electron chi connectivity index (χ2n) is 4.69. The highest BCUT2D eigenvalue weighted by Crippen LogP contribution is 2.30. The Morgan fingerprint density at radius 3 is 3.05 bits per heavy atom. The van der Waals surface area contributed by atoms with Gasteiger partial charge < -0.3 is 15.8 Å². The van der Waals surface area contributed by atoms with Gasteiger partial charge in [-0.1, -0.05) is 6.07 Å². The number of aromatic nitrogens is 3. The van der Waals surface area contributed by atoms with Crippen molar-refractivity contribution in [3.05, 3.63) is 35.4 Å². The number of anilines is 1. The Morgan fingerprint density at radius 2 is 2.38 bits per heavy atom. The Morgan fingerprint density at radius 1 is 1.57 bits per heavy atom. The largest absolute Gasteiger partial charge is 0.494 e. The summed E-state index contributed by atoms with van der Waals surface area (Å²) >= 11 is 0. The summed E-state index contributed by atoms with van der Waals surface area (Å²) in [4.78, 5) is 15.2. The summed E-state index contributed by atoms with van der Waals surface area (Å²) in [5.74, 6) is -0.553. The molecule has 3 N–H and O–H groups in total. The van der Waals surface area contributed by atoms with Crippen molar-refractivity contribution in [2.75, 3.05) is 19.0 Å². The molecule has 8 heteroatoms. The number of primary amides is 1. The van der Waals surface area contributed by atoms with Gasteiger partial charge in [0.2, 0.25) is 11.8 Å². The van der Waals surface area contributed by atoms with Crippen LogP contribution in [0, 0.1) is 5.82 Å². The maximum atomic E-state index is 13.9. The molecule has 1 atom stereocenters. The number of fused-ring (bicyclic) bond motifs is 1. The second-order valence-corrected chi connectivity index (χ2v) is 4.69. The van der Waals surface area contributed by atoms with Crippen LogP contribution in [0.1, 0.15) is 28.6 Å². The number of nitrogens with zero attached hydrogens (tertiary/aromatic N) is 3. The zero-order valence-corrected chi connectivity index (χ0v) is 11.3. The van der Waals surface area contributed by atoms with E-state index in [4.69, 9.17) is 10.5 Å². The van der Waals surface area contributed by atoms with Crippen molar-refractivity contribution >= 4 is 11.9 Å². The summed E-state index contributed by atoms with van der Waals surface area (Å²) in [6.45, 7) is 0.648. The van der Waals surface area contributed by atoms with E-state index in [2.05, 4.69) is 15.4 Å². The van der Waals surface area contributed by atoms with Crippen LogP contribution in [0.3, 0.4) is 0 Å². The molecule has 110 valence electrons. The van der Waals surface area contributed by atoms with Crippen LogP contribution >= 0.6 is 0 Å². The van der Waals surface area contributed by atoms with Crippen molar-refractivity contribution in [1.29, 1.82) is 0 Å². The van der Waals surface area contributed by atoms with E-state index < -0.39 is 11.7 Å². The lowest BCUT2D eigenvalue weighted by atomic mass is 10.0. The van der Waals surface area contributed by atoms with Gasteiger partial charge in [0.1, 0.15) is 0 Å². The molecule has 0 fully saturated rings. The molecule has 2 aromatic rings. The van der Waals surface area contributed by atoms with E-state index in [0.717, 1.165) is 5.56 Å². The van der Waals surface area contributed by atoms with E-state index in [1.54, 1.807) is 16.8 Å². The number of hydrogen-bond acceptors (Lipinski definition) is 5. The van der Waals surface area contributed by atoms with Crippen molar-refractivity contribution in [2.45, 2.75) is 12.5 Å². The van der Waals surface area contributed by atoms with E-state index in [1.165, 1.54) is 13.2 Å². The molecule has 3 rings (SSSR count). The normalized spacial score (nSPS) is 17.0. The topological polar surface area (TPSA) is 95.1 Å². The molecule has 0 saturated carbocycles. The van der Waals surface area contributed by atoms with Crippen molar-refractivity contribution in [3.8, 4) is 5.75 Å². The number of carbonyl (C=O) groups is 1. The number of rotatable bonds is 3. The number of methoxy groups -OCH3 is 1. The minimum absolute atomic E-state index is 0.0571. The fourth-order valence-corrected chi connectivity index (χ4v) is 2.41. The van der Waals surface area contributed by atoms with Gasteiger partial charge in [-0.2, -0.15) is 4.98 Å². The van der Waals surface area contributed by atoms with E-state index in [9.17, 15) is 9.18 Å². The van der Waals surface area contributed by atoms with E-state index >= 15 is 0 Å². The van der Waals surface area contributed by atoms with Crippen molar-refractivity contribution < 1.29 is 13.9 Å². The lowest BCUT2D eigenvalue weighted by molar-refractivity contribution is 0.0990. The standard InChI is InChI=1S/C13H14FN5O2/c1-21-10-3-2-7(6-8(10)14)9-4-5-16-13-17-12(11(15)20)18-19(9)13/h2-3,6,9H,4-5H2,1H3,(H2,15,20)(H,16,17,18). The number of ether oxygens (including phenoxy) is 1. The predicted molar refractivity (Wildman–Crippen MR) is 72.7 cm³/mol. The quantitative estimate of drug-likeness (QED) is 0.877. The Balaban J connectivity index is 2.01. The summed E-state index contributed by atoms with van der Waals surface area (Å²) in [6, 6.07) is 4.54. The first-order valence-electron chi connectivity index (χ1n) is 6.44. The maximum Gasteiger partial charge on any atom is 0.288 e. The first-order chi connectivity index (χ1) is 10.1. The van der Waals surface area contributed by atoms with Crippen molar-refractivity contribution in [3.63, 3.8) is 0 Å². The van der Waals surface area contributed by atoms with Crippen molar-refractivity contribution in [2.24, 2.45) is 5.73 Å². The smallest absolute Gasteiger partial charge is 0.288 e. The van der Waals surface area contributed by atoms with E-state index in [1.807, 2.05) is 0 Å². The average Bonchev–Trinajstić information content (AvgIpc) is 2.91. The van der Waals surface area contributed by atoms with Crippen LogP contribution < -0.4 is 15.8 Å². The molecule has 7 nitrogen and oxygen atoms in total. The first-order valence-corrected chi connectivity index (χ1v) is 6.44. The highest BCUT2D eigenvalue weighted by atomic mass is 19.1. The molecule has 0 spiro atoms. The Hall–Kier alpha value is -2.64. The number of nitrogens with two attached hydrogens (primary N) is 1. The molecule has 1 unspecified atom stereocenters. The summed E-state index contributed by atoms with van der Waals surface area (Å²) < 4.78 is 20.3. The summed E-state index contributed by atoms with van der Waals surface area (Å²) in [5.41, 5.74) is 5.92. The molecule has 0 saturated heterocycles. The average molecular weight is 291 g/mol. The maximum absolute atomic E-state index is 13.9. The highest BCUT2D eigenvalue weighted by Gasteiger charge is 2.26. The van der Waals surface area contributed by atoms with Gasteiger partial charge in [0, 0.05) is 6.54 Å². The fraction of sp³-hybridized carbons (Fsp3) is 0.308. The van der Waals surface area contributed by atoms with Gasteiger partial charge in [0.25, 0.3) is 5.91 Å². The first kappa shape index (κ1) is 13.3. The van der Waals surface area contributed by atoms with Crippen LogP contribution in [-0.2, 0) is 0 Å². The van der Waals surface area contributed by atoms with E-state index in [-0.39, 0.29) is 17.6 Å². The summed E-state index contributed by atoms with van der Waals surface area (Å²) in [5, 5.41) is 7.13. The molecule has 0 radical (unpaired) electrons. The summed E-state index contributed by atoms with van der Waals surface area (Å²) in [6.07, 6.45) is 0.695. The molecule has 1 aromatic heterocycles. The third-order valence-electron chi connectivity index (χ3n) is 3.41. The van der Waals surface area contributed by atoms with Gasteiger partial charge in [0.15, 0.2) is 11.6 Å². The predicted octanol–water partition coefficient (Wildman–Crippen LogP) is 0.930. The Labute approximate surface area is 119 Å². The third-order valence-corrected chi connectivity index (χ3v) is 3.41. The van der Waals surface area contributed by atoms with Gasteiger partial charge >= 0.3 is 0 Å². The van der Waals surface area contributed by atoms with E-state index in [0.29, 0.717) is 18.9 Å². The van der Waals surface area contributed by atoms with Crippen LogP contribution in [0.25, 0.3) is 0 Å². The monoisotopic (exact) mass is 291 g/mol. The number of amides is 1. The number of hydrogen-bond donors (Lipinski definition) is 2. The highest BCUT2D eigenvalue weighted by molar-refractivity contribution is 5.89. The zero-order chi connectivity index (χ0) is 15.0. The SMILES string of the molecule is COc1ccc(C2CCNc3nc(C(N)=O)nn32)cc1F. The Bertz CT molecular complexity index is 700. The summed E-state index contributed by atoms with van der Waals surface area (Å²) in [7, 11) is 1.41. The number of nitrogens with one attached hydrogen (secondary N) is 1. The van der Waals surface area contributed by atoms with Crippen LogP contribution in [0.4, 0.5) is 10.3 Å². The van der Waals surface area contributed by atoms with Gasteiger partial charge in [-0.05, 0) is 24.1 Å². The molecule has 1 aromatic carbocycles. The Kier molecular flexibility index (Phi) is 3.20. The number of carbonyl (C=O) groups excluding carboxylic acids is 1. The lowest BCUT2D eigenvalue weighted by Gasteiger charge is -2.24. The van der Waals surface area contributed by atoms with Gasteiger partial charge in [-0.15, -0.1) is 5.10 Å². The molecule has 0 bridgehead atoms. The minimum Gasteiger partial charge on any atom is -0.494 e. The van der Waals surface area contributed by atoms with Crippen LogP contribution in [0.2, 0.25) is 0 Å². The third kappa shape index (κ3) is 2.28. The number of halogens is 1. The molecule has 1 aliphatic heterocycles. The van der Waals surface area contributed by atoms with Gasteiger partial charge in [0.05, 0.1) is 13.2 Å². The van der Waals surface area contributed by atoms with Crippen molar-refractivity contribution in [1.82, 2.24) is 14.8 Å². The molecule has 2 heterocycles. The molecule has 1 amide bonds. The van der Waals surface area contributed by atoms with Gasteiger partial charge in [-0.25, -0.2) is 9.07 Å². The lowest BCUT2D eigenvalue weighted by Crippen LogP contribution is -2.25. The van der Waals surface area contributed by atoms with Crippen LogP contribution in [0.5, 0.6) is 5.75 Å². The minimum atomic E-state index is -0.696. The molecular weight excluding hydrogens is 277 g/mol. The molecule has 21 heavy (non-hydrogen) atoms. The fourth-order valence-electron chi connectivity index (χ4n) is 2.41.